The van der Waals surface area contributed by atoms with Crippen LogP contribution in [0.4, 0.5) is 0 Å². The van der Waals surface area contributed by atoms with Gasteiger partial charge < -0.3 is 10.8 Å². The summed E-state index contributed by atoms with van der Waals surface area (Å²) >= 11 is 0. The Morgan fingerprint density at radius 1 is 1.07 bits per heavy atom. The number of benzene rings is 2. The Morgan fingerprint density at radius 2 is 1.80 bits per heavy atom. The quantitative estimate of drug-likeness (QED) is 0.796. The van der Waals surface area contributed by atoms with E-state index in [0.29, 0.717) is 6.54 Å². The van der Waals surface area contributed by atoms with Crippen LogP contribution >= 0.6 is 0 Å². The van der Waals surface area contributed by atoms with Crippen LogP contribution in [0.2, 0.25) is 0 Å². The number of hydrogen-bond acceptors (Lipinski definition) is 2. The molecule has 0 fully saturated rings. The molecular formula is C13H15NO. The van der Waals surface area contributed by atoms with E-state index in [0.717, 1.165) is 5.56 Å². The monoisotopic (exact) mass is 201 g/mol. The lowest BCUT2D eigenvalue weighted by Crippen LogP contribution is -2.15. The Labute approximate surface area is 89.3 Å². The van der Waals surface area contributed by atoms with Gasteiger partial charge in [0.25, 0.3) is 0 Å². The van der Waals surface area contributed by atoms with Crippen molar-refractivity contribution in [3.8, 4) is 0 Å². The third kappa shape index (κ3) is 2.01. The number of nitrogens with two attached hydrogens (primary N) is 1. The summed E-state index contributed by atoms with van der Waals surface area (Å²) in [6.07, 6.45) is 0. The van der Waals surface area contributed by atoms with E-state index in [1.807, 2.05) is 18.2 Å². The van der Waals surface area contributed by atoms with Crippen LogP contribution in [-0.4, -0.2) is 18.3 Å². The van der Waals surface area contributed by atoms with Crippen LogP contribution < -0.4 is 5.73 Å². The summed E-state index contributed by atoms with van der Waals surface area (Å²) in [5, 5.41) is 11.6. The molecule has 2 nitrogen and oxygen atoms in total. The van der Waals surface area contributed by atoms with Crippen LogP contribution in [0.1, 0.15) is 11.5 Å². The molecule has 1 unspecified atom stereocenters. The van der Waals surface area contributed by atoms with E-state index in [4.69, 9.17) is 5.73 Å². The highest BCUT2D eigenvalue weighted by Gasteiger charge is 2.08. The van der Waals surface area contributed by atoms with Gasteiger partial charge in [-0.15, -0.1) is 0 Å². The maximum absolute atomic E-state index is 9.17. The largest absolute Gasteiger partial charge is 0.396 e. The molecule has 2 heteroatoms. The summed E-state index contributed by atoms with van der Waals surface area (Å²) in [5.74, 6) is 0.0506. The van der Waals surface area contributed by atoms with E-state index >= 15 is 0 Å². The van der Waals surface area contributed by atoms with E-state index in [2.05, 4.69) is 24.3 Å². The van der Waals surface area contributed by atoms with E-state index in [-0.39, 0.29) is 12.5 Å². The Morgan fingerprint density at radius 3 is 2.47 bits per heavy atom. The van der Waals surface area contributed by atoms with Gasteiger partial charge in [-0.2, -0.15) is 0 Å². The highest BCUT2D eigenvalue weighted by molar-refractivity contribution is 5.83. The molecular weight excluding hydrogens is 186 g/mol. The van der Waals surface area contributed by atoms with Crippen LogP contribution in [0.5, 0.6) is 0 Å². The van der Waals surface area contributed by atoms with Crippen molar-refractivity contribution in [2.45, 2.75) is 5.92 Å². The molecule has 0 aromatic heterocycles. The molecule has 0 aliphatic heterocycles. The van der Waals surface area contributed by atoms with Gasteiger partial charge in [-0.05, 0) is 16.3 Å². The fourth-order valence-corrected chi connectivity index (χ4v) is 1.78. The van der Waals surface area contributed by atoms with Crippen molar-refractivity contribution in [2.24, 2.45) is 5.73 Å². The van der Waals surface area contributed by atoms with Gasteiger partial charge in [-0.25, -0.2) is 0 Å². The number of aliphatic hydroxyl groups is 1. The molecule has 0 aliphatic rings. The second-order valence-electron chi connectivity index (χ2n) is 3.72. The molecule has 0 amide bonds. The molecule has 2 rings (SSSR count). The predicted molar refractivity (Wildman–Crippen MR) is 62.8 cm³/mol. The zero-order valence-corrected chi connectivity index (χ0v) is 8.56. The van der Waals surface area contributed by atoms with Gasteiger partial charge in [-0.3, -0.25) is 0 Å². The first-order chi connectivity index (χ1) is 7.35. The normalized spacial score (nSPS) is 12.9. The van der Waals surface area contributed by atoms with Crippen molar-refractivity contribution in [3.05, 3.63) is 48.0 Å². The van der Waals surface area contributed by atoms with Crippen molar-refractivity contribution in [3.63, 3.8) is 0 Å². The molecule has 0 saturated heterocycles. The topological polar surface area (TPSA) is 46.2 Å². The van der Waals surface area contributed by atoms with Crippen molar-refractivity contribution in [2.75, 3.05) is 13.2 Å². The average molecular weight is 201 g/mol. The van der Waals surface area contributed by atoms with Gasteiger partial charge in [-0.1, -0.05) is 42.5 Å². The Kier molecular flexibility index (Phi) is 2.99. The highest BCUT2D eigenvalue weighted by Crippen LogP contribution is 2.20. The molecule has 0 spiro atoms. The van der Waals surface area contributed by atoms with Crippen LogP contribution in [0, 0.1) is 0 Å². The molecule has 2 aromatic rings. The Hall–Kier alpha value is -1.38. The minimum atomic E-state index is 0.0506. The first kappa shape index (κ1) is 10.1. The molecule has 0 aliphatic carbocycles. The minimum Gasteiger partial charge on any atom is -0.396 e. The zero-order valence-electron chi connectivity index (χ0n) is 8.56. The summed E-state index contributed by atoms with van der Waals surface area (Å²) < 4.78 is 0. The first-order valence-corrected chi connectivity index (χ1v) is 5.15. The van der Waals surface area contributed by atoms with Gasteiger partial charge in [0.1, 0.15) is 0 Å². The van der Waals surface area contributed by atoms with Crippen LogP contribution in [0.25, 0.3) is 10.8 Å². The second kappa shape index (κ2) is 4.43. The maximum Gasteiger partial charge on any atom is 0.0511 e. The molecule has 1 atom stereocenters. The molecule has 0 bridgehead atoms. The van der Waals surface area contributed by atoms with Crippen LogP contribution in [0.3, 0.4) is 0 Å². The third-order valence-electron chi connectivity index (χ3n) is 2.75. The van der Waals surface area contributed by atoms with Crippen molar-refractivity contribution >= 4 is 10.8 Å². The molecule has 3 N–H and O–H groups in total. The van der Waals surface area contributed by atoms with Crippen molar-refractivity contribution < 1.29 is 5.11 Å². The Balaban J connectivity index is 2.46. The number of rotatable bonds is 3. The molecule has 0 saturated carbocycles. The number of aliphatic hydroxyl groups excluding tert-OH is 1. The lowest BCUT2D eigenvalue weighted by Gasteiger charge is -2.12. The molecule has 0 heterocycles. The highest BCUT2D eigenvalue weighted by atomic mass is 16.3. The van der Waals surface area contributed by atoms with E-state index in [9.17, 15) is 5.11 Å². The van der Waals surface area contributed by atoms with E-state index in [1.54, 1.807) is 0 Å². The molecule has 15 heavy (non-hydrogen) atoms. The van der Waals surface area contributed by atoms with Gasteiger partial charge >= 0.3 is 0 Å². The summed E-state index contributed by atoms with van der Waals surface area (Å²) in [6.45, 7) is 0.587. The summed E-state index contributed by atoms with van der Waals surface area (Å²) in [4.78, 5) is 0. The number of fused-ring (bicyclic) bond motifs is 1. The maximum atomic E-state index is 9.17. The van der Waals surface area contributed by atoms with Crippen LogP contribution in [0.15, 0.2) is 42.5 Å². The SMILES string of the molecule is NCC(CO)c1ccc2ccccc2c1. The average Bonchev–Trinajstić information content (AvgIpc) is 2.30. The smallest absolute Gasteiger partial charge is 0.0511 e. The van der Waals surface area contributed by atoms with Gasteiger partial charge in [0, 0.05) is 12.5 Å². The van der Waals surface area contributed by atoms with Crippen molar-refractivity contribution in [1.82, 2.24) is 0 Å². The predicted octanol–water partition coefficient (Wildman–Crippen LogP) is 1.87. The van der Waals surface area contributed by atoms with Crippen molar-refractivity contribution in [1.29, 1.82) is 0 Å². The van der Waals surface area contributed by atoms with Gasteiger partial charge in [0.15, 0.2) is 0 Å². The number of hydrogen-bond donors (Lipinski definition) is 2. The molecule has 2 aromatic carbocycles. The fraction of sp³-hybridized carbons (Fsp3) is 0.231. The standard InChI is InChI=1S/C13H15NO/c14-8-13(9-15)12-6-5-10-3-1-2-4-11(10)7-12/h1-7,13,15H,8-9,14H2. The van der Waals surface area contributed by atoms with Crippen LogP contribution in [-0.2, 0) is 0 Å². The minimum absolute atomic E-state index is 0.0506. The lowest BCUT2D eigenvalue weighted by molar-refractivity contribution is 0.268. The van der Waals surface area contributed by atoms with E-state index < -0.39 is 0 Å². The molecule has 78 valence electrons. The van der Waals surface area contributed by atoms with E-state index in [1.165, 1.54) is 10.8 Å². The summed E-state index contributed by atoms with van der Waals surface area (Å²) in [6, 6.07) is 14.4. The summed E-state index contributed by atoms with van der Waals surface area (Å²) in [7, 11) is 0. The lowest BCUT2D eigenvalue weighted by atomic mass is 9.97. The molecule has 0 radical (unpaired) electrons. The van der Waals surface area contributed by atoms with Gasteiger partial charge in [0.2, 0.25) is 0 Å². The summed E-state index contributed by atoms with van der Waals surface area (Å²) in [5.41, 5.74) is 6.71. The first-order valence-electron chi connectivity index (χ1n) is 5.15. The third-order valence-corrected chi connectivity index (χ3v) is 2.75. The second-order valence-corrected chi connectivity index (χ2v) is 3.72. The zero-order chi connectivity index (χ0) is 10.7. The Bertz CT molecular complexity index is 449. The fourth-order valence-electron chi connectivity index (χ4n) is 1.78. The van der Waals surface area contributed by atoms with Gasteiger partial charge in [0.05, 0.1) is 6.61 Å².